The molecule has 1 aromatic carbocycles. The summed E-state index contributed by atoms with van der Waals surface area (Å²) in [6, 6.07) is 6.26. The second-order valence-corrected chi connectivity index (χ2v) is 7.31. The highest BCUT2D eigenvalue weighted by Crippen LogP contribution is 2.24. The Morgan fingerprint density at radius 1 is 1.15 bits per heavy atom. The van der Waals surface area contributed by atoms with Crippen LogP contribution in [0.15, 0.2) is 29.3 Å². The lowest BCUT2D eigenvalue weighted by molar-refractivity contribution is -0.511. The van der Waals surface area contributed by atoms with E-state index in [0.717, 1.165) is 37.5 Å². The highest BCUT2D eigenvalue weighted by Gasteiger charge is 2.54. The van der Waals surface area contributed by atoms with Gasteiger partial charge in [-0.2, -0.15) is 0 Å². The first-order valence-electron chi connectivity index (χ1n) is 8.74. The van der Waals surface area contributed by atoms with Crippen molar-refractivity contribution in [1.29, 1.82) is 0 Å². The van der Waals surface area contributed by atoms with Crippen molar-refractivity contribution in [3.63, 3.8) is 0 Å². The van der Waals surface area contributed by atoms with E-state index >= 15 is 0 Å². The maximum Gasteiger partial charge on any atom is 0.392 e. The van der Waals surface area contributed by atoms with E-state index in [-0.39, 0.29) is 18.5 Å². The fraction of sp³-hybridized carbons (Fsp3) is 0.444. The van der Waals surface area contributed by atoms with Crippen molar-refractivity contribution in [1.82, 2.24) is 14.7 Å². The van der Waals surface area contributed by atoms with Gasteiger partial charge >= 0.3 is 12.0 Å². The van der Waals surface area contributed by atoms with Gasteiger partial charge in [-0.25, -0.2) is 9.69 Å². The summed E-state index contributed by atoms with van der Waals surface area (Å²) < 4.78 is 2.18. The van der Waals surface area contributed by atoms with Gasteiger partial charge in [0.2, 0.25) is 11.9 Å². The molecule has 1 unspecified atom stereocenters. The lowest BCUT2D eigenvalue weighted by atomic mass is 10.1. The Kier molecular flexibility index (Phi) is 4.19. The molecule has 3 heterocycles. The number of likely N-dealkylation sites (N-methyl/N-ethyl adjacent to an activating group) is 2. The Labute approximate surface area is 157 Å². The molecule has 26 heavy (non-hydrogen) atoms. The number of halogens is 1. The van der Waals surface area contributed by atoms with Crippen molar-refractivity contribution in [2.24, 2.45) is 4.99 Å². The third kappa shape index (κ3) is 2.67. The van der Waals surface area contributed by atoms with Crippen molar-refractivity contribution in [3.8, 4) is 0 Å². The Bertz CT molecular complexity index is 824. The van der Waals surface area contributed by atoms with Gasteiger partial charge in [0, 0.05) is 12.1 Å². The van der Waals surface area contributed by atoms with Crippen molar-refractivity contribution in [2.75, 3.05) is 27.2 Å². The number of hydrogen-bond donors (Lipinski definition) is 0. The van der Waals surface area contributed by atoms with E-state index in [0.29, 0.717) is 10.9 Å². The smallest absolute Gasteiger partial charge is 0.270 e. The molecule has 136 valence electrons. The summed E-state index contributed by atoms with van der Waals surface area (Å²) in [4.78, 5) is 35.2. The van der Waals surface area contributed by atoms with E-state index in [2.05, 4.69) is 9.57 Å². The summed E-state index contributed by atoms with van der Waals surface area (Å²) in [6.07, 6.45) is 2.25. The predicted molar refractivity (Wildman–Crippen MR) is 98.4 cm³/mol. The number of aliphatic imine (C=N–C) groups is 1. The molecule has 2 saturated heterocycles. The molecule has 7 nitrogen and oxygen atoms in total. The molecule has 1 aromatic rings. The Morgan fingerprint density at radius 2 is 1.81 bits per heavy atom. The lowest BCUT2D eigenvalue weighted by Crippen LogP contribution is -2.63. The zero-order valence-electron chi connectivity index (χ0n) is 14.9. The highest BCUT2D eigenvalue weighted by atomic mass is 35.5. The first-order valence-corrected chi connectivity index (χ1v) is 9.12. The fourth-order valence-corrected chi connectivity index (χ4v) is 3.84. The molecule has 1 atom stereocenters. The van der Waals surface area contributed by atoms with Crippen molar-refractivity contribution < 1.29 is 14.2 Å². The quantitative estimate of drug-likeness (QED) is 0.739. The molecule has 0 N–H and O–H groups in total. The molecule has 0 aromatic heterocycles. The van der Waals surface area contributed by atoms with Gasteiger partial charge in [-0.05, 0) is 30.5 Å². The average molecular weight is 375 g/mol. The van der Waals surface area contributed by atoms with E-state index in [9.17, 15) is 9.59 Å². The van der Waals surface area contributed by atoms with Crippen LogP contribution in [0.1, 0.15) is 18.4 Å². The number of amides is 3. The number of nitrogens with zero attached hydrogens (tertiary/aromatic N) is 5. The van der Waals surface area contributed by atoms with Gasteiger partial charge in [0.05, 0.1) is 26.7 Å². The lowest BCUT2D eigenvalue weighted by Gasteiger charge is -2.34. The Morgan fingerprint density at radius 3 is 2.46 bits per heavy atom. The predicted octanol–water partition coefficient (Wildman–Crippen LogP) is 1.61. The molecule has 3 aliphatic rings. The third-order valence-electron chi connectivity index (χ3n) is 5.17. The third-order valence-corrected chi connectivity index (χ3v) is 5.42. The van der Waals surface area contributed by atoms with Crippen LogP contribution in [0.4, 0.5) is 4.79 Å². The molecule has 2 fully saturated rings. The van der Waals surface area contributed by atoms with E-state index in [4.69, 9.17) is 11.6 Å². The molecule has 3 amide bonds. The number of hydrogen-bond acceptors (Lipinski definition) is 2. The molecule has 8 heteroatoms. The second kappa shape index (κ2) is 6.39. The topological polar surface area (TPSA) is 59.2 Å². The Hall–Kier alpha value is -2.41. The van der Waals surface area contributed by atoms with Crippen molar-refractivity contribution in [2.45, 2.75) is 25.4 Å². The van der Waals surface area contributed by atoms with E-state index in [1.165, 1.54) is 9.80 Å². The largest absolute Gasteiger partial charge is 0.392 e. The van der Waals surface area contributed by atoms with Crippen LogP contribution in [0, 0.1) is 0 Å². The minimum atomic E-state index is -0.555. The minimum Gasteiger partial charge on any atom is -0.270 e. The van der Waals surface area contributed by atoms with Gasteiger partial charge in [0.15, 0.2) is 0 Å². The van der Waals surface area contributed by atoms with Crippen LogP contribution in [-0.2, 0) is 11.3 Å². The van der Waals surface area contributed by atoms with E-state index < -0.39 is 6.04 Å². The summed E-state index contributed by atoms with van der Waals surface area (Å²) in [5.41, 5.74) is 0.856. The first kappa shape index (κ1) is 17.0. The fourth-order valence-electron chi connectivity index (χ4n) is 3.72. The number of carbonyl (C=O) groups excluding carboxylic acids is 2. The summed E-state index contributed by atoms with van der Waals surface area (Å²) in [5.74, 6) is 1.05. The van der Waals surface area contributed by atoms with Gasteiger partial charge in [0.1, 0.15) is 0 Å². The molecule has 0 bridgehead atoms. The number of fused-ring (bicyclic) bond motifs is 1. The molecular formula is C18H21ClN5O2+. The van der Waals surface area contributed by atoms with Gasteiger partial charge in [0.25, 0.3) is 5.91 Å². The average Bonchev–Trinajstić information content (AvgIpc) is 3.26. The zero-order chi connectivity index (χ0) is 18.4. The SMILES string of the molecule is CN1C(=O)N(Cc2ccc(Cl)cc2)C(=O)C2C1=NC(=[N+]1CCCC1)N2C. The standard InChI is InChI=1S/C18H21ClN5O2/c1-21-14-15(20-17(21)23-9-3-4-10-23)22(2)18(26)24(16(14)25)11-12-5-7-13(19)8-6-12/h5-8,14H,3-4,9-11H2,1-2H3/q+1. The molecule has 0 radical (unpaired) electrons. The number of guanidine groups is 1. The summed E-state index contributed by atoms with van der Waals surface area (Å²) in [5, 5.41) is 0.622. The van der Waals surface area contributed by atoms with Gasteiger partial charge < -0.3 is 0 Å². The van der Waals surface area contributed by atoms with Crippen molar-refractivity contribution >= 4 is 35.3 Å². The Balaban J connectivity index is 1.65. The second-order valence-electron chi connectivity index (χ2n) is 6.87. The molecule has 0 spiro atoms. The maximum absolute atomic E-state index is 13.1. The van der Waals surface area contributed by atoms with Crippen LogP contribution in [0.5, 0.6) is 0 Å². The number of urea groups is 1. The van der Waals surface area contributed by atoms with Gasteiger partial charge in [-0.15, -0.1) is 0 Å². The van der Waals surface area contributed by atoms with Gasteiger partial charge in [-0.1, -0.05) is 28.7 Å². The molecule has 0 saturated carbocycles. The molecule has 3 aliphatic heterocycles. The highest BCUT2D eigenvalue weighted by molar-refractivity contribution is 6.30. The number of carbonyl (C=O) groups is 2. The molecule has 4 rings (SSSR count). The normalized spacial score (nSPS) is 23.1. The first-order chi connectivity index (χ1) is 12.5. The monoisotopic (exact) mass is 374 g/mol. The van der Waals surface area contributed by atoms with Crippen LogP contribution >= 0.6 is 11.6 Å². The van der Waals surface area contributed by atoms with Crippen molar-refractivity contribution in [3.05, 3.63) is 34.9 Å². The van der Waals surface area contributed by atoms with Crippen LogP contribution in [0.2, 0.25) is 5.02 Å². The van der Waals surface area contributed by atoms with E-state index in [1.54, 1.807) is 19.2 Å². The van der Waals surface area contributed by atoms with Gasteiger partial charge in [-0.3, -0.25) is 19.2 Å². The number of benzene rings is 1. The summed E-state index contributed by atoms with van der Waals surface area (Å²) >= 11 is 5.92. The van der Waals surface area contributed by atoms with Crippen LogP contribution < -0.4 is 0 Å². The number of amidine groups is 1. The molecule has 0 aliphatic carbocycles. The van der Waals surface area contributed by atoms with E-state index in [1.807, 2.05) is 24.1 Å². The minimum absolute atomic E-state index is 0.218. The summed E-state index contributed by atoms with van der Waals surface area (Å²) in [7, 11) is 3.55. The number of imide groups is 1. The van der Waals surface area contributed by atoms with Crippen LogP contribution in [0.3, 0.4) is 0 Å². The molecular weight excluding hydrogens is 354 g/mol. The number of rotatable bonds is 2. The summed E-state index contributed by atoms with van der Waals surface area (Å²) in [6.45, 7) is 2.09. The van der Waals surface area contributed by atoms with Crippen LogP contribution in [-0.4, -0.2) is 76.2 Å². The van der Waals surface area contributed by atoms with Crippen LogP contribution in [0.25, 0.3) is 0 Å². The zero-order valence-corrected chi connectivity index (χ0v) is 15.6. The maximum atomic E-state index is 13.1.